The van der Waals surface area contributed by atoms with Crippen LogP contribution in [0.25, 0.3) is 11.3 Å². The molecule has 3 aromatic rings. The van der Waals surface area contributed by atoms with Crippen LogP contribution in [0.2, 0.25) is 5.02 Å². The molecule has 0 aliphatic carbocycles. The topological polar surface area (TPSA) is 102 Å². The Morgan fingerprint density at radius 3 is 2.61 bits per heavy atom. The smallest absolute Gasteiger partial charge is 0.271 e. The van der Waals surface area contributed by atoms with E-state index < -0.39 is 11.6 Å². The fourth-order valence-corrected chi connectivity index (χ4v) is 4.13. The molecule has 0 unspecified atom stereocenters. The number of alkyl halides is 1. The van der Waals surface area contributed by atoms with E-state index >= 15 is 0 Å². The molecule has 0 bridgehead atoms. The zero-order chi connectivity index (χ0) is 23.5. The van der Waals surface area contributed by atoms with E-state index in [9.17, 15) is 19.3 Å². The fraction of sp³-hybridized carbons (Fsp3) is 0.273. The van der Waals surface area contributed by atoms with Gasteiger partial charge in [-0.1, -0.05) is 28.9 Å². The first kappa shape index (κ1) is 22.5. The van der Waals surface area contributed by atoms with Crippen molar-refractivity contribution in [1.29, 1.82) is 0 Å². The summed E-state index contributed by atoms with van der Waals surface area (Å²) in [5, 5.41) is 15.2. The molecule has 2 heterocycles. The minimum atomic E-state index is -0.971. The molecule has 172 valence electrons. The van der Waals surface area contributed by atoms with Gasteiger partial charge in [-0.3, -0.25) is 14.9 Å². The number of methoxy groups -OCH3 is 1. The third-order valence-corrected chi connectivity index (χ3v) is 5.81. The molecule has 4 rings (SSSR count). The van der Waals surface area contributed by atoms with Crippen molar-refractivity contribution in [3.05, 3.63) is 68.9 Å². The van der Waals surface area contributed by atoms with Crippen molar-refractivity contribution in [3.8, 4) is 17.0 Å². The molecule has 0 N–H and O–H groups in total. The Bertz CT molecular complexity index is 1190. The van der Waals surface area contributed by atoms with Gasteiger partial charge in [0, 0.05) is 43.9 Å². The number of nitrogens with zero attached hydrogens (tertiary/aromatic N) is 4. The molecule has 1 aromatic heterocycles. The zero-order valence-corrected chi connectivity index (χ0v) is 18.4. The number of hydrogen-bond donors (Lipinski definition) is 0. The number of ether oxygens (including phenoxy) is 1. The molecule has 0 radical (unpaired) electrons. The molecule has 9 nitrogen and oxygen atoms in total. The SMILES string of the molecule is COc1ccccc1-c1noc(CF)c1C(=O)N1CCN(c2ccc([N+](=O)[O-])cc2Cl)CC1. The van der Waals surface area contributed by atoms with Crippen LogP contribution in [0.3, 0.4) is 0 Å². The summed E-state index contributed by atoms with van der Waals surface area (Å²) in [5.41, 5.74) is 1.39. The number of piperazine rings is 1. The lowest BCUT2D eigenvalue weighted by atomic mass is 10.0. The predicted molar refractivity (Wildman–Crippen MR) is 120 cm³/mol. The van der Waals surface area contributed by atoms with Gasteiger partial charge < -0.3 is 19.1 Å². The summed E-state index contributed by atoms with van der Waals surface area (Å²) in [6, 6.07) is 11.3. The molecule has 1 aliphatic heterocycles. The van der Waals surface area contributed by atoms with Crippen molar-refractivity contribution in [1.82, 2.24) is 10.1 Å². The minimum absolute atomic E-state index is 0.0730. The van der Waals surface area contributed by atoms with Gasteiger partial charge >= 0.3 is 0 Å². The van der Waals surface area contributed by atoms with Gasteiger partial charge in [-0.2, -0.15) is 0 Å². The number of amides is 1. The van der Waals surface area contributed by atoms with Crippen LogP contribution >= 0.6 is 11.6 Å². The van der Waals surface area contributed by atoms with Crippen LogP contribution in [0.4, 0.5) is 15.8 Å². The van der Waals surface area contributed by atoms with Crippen LogP contribution in [-0.4, -0.2) is 54.2 Å². The van der Waals surface area contributed by atoms with E-state index in [1.807, 2.05) is 4.90 Å². The summed E-state index contributed by atoms with van der Waals surface area (Å²) < 4.78 is 24.1. The van der Waals surface area contributed by atoms with Crippen LogP contribution in [0.15, 0.2) is 47.0 Å². The Kier molecular flexibility index (Phi) is 6.45. The largest absolute Gasteiger partial charge is 0.496 e. The van der Waals surface area contributed by atoms with E-state index in [0.717, 1.165) is 0 Å². The second-order valence-electron chi connectivity index (χ2n) is 7.34. The number of aromatic nitrogens is 1. The number of nitro groups is 1. The fourth-order valence-electron chi connectivity index (χ4n) is 3.83. The van der Waals surface area contributed by atoms with Gasteiger partial charge in [-0.25, -0.2) is 4.39 Å². The van der Waals surface area contributed by atoms with Gasteiger partial charge in [0.05, 0.1) is 22.7 Å². The highest BCUT2D eigenvalue weighted by atomic mass is 35.5. The number of carbonyl (C=O) groups excluding carboxylic acids is 1. The highest BCUT2D eigenvalue weighted by Crippen LogP contribution is 2.35. The lowest BCUT2D eigenvalue weighted by Gasteiger charge is -2.36. The summed E-state index contributed by atoms with van der Waals surface area (Å²) in [5.74, 6) is -0.0381. The molecule has 1 aliphatic rings. The number of para-hydroxylation sites is 1. The van der Waals surface area contributed by atoms with Crippen LogP contribution < -0.4 is 9.64 Å². The van der Waals surface area contributed by atoms with Crippen molar-refractivity contribution in [2.24, 2.45) is 0 Å². The standard InChI is InChI=1S/C22H20ClFN4O5/c1-32-18-5-3-2-4-15(18)21-20(19(13-24)33-25-21)22(29)27-10-8-26(9-11-27)17-7-6-14(28(30)31)12-16(17)23/h2-7,12H,8-11,13H2,1H3. The predicted octanol–water partition coefficient (Wildman–Crippen LogP) is 4.34. The van der Waals surface area contributed by atoms with Crippen LogP contribution in [0.1, 0.15) is 16.1 Å². The lowest BCUT2D eigenvalue weighted by molar-refractivity contribution is -0.384. The minimum Gasteiger partial charge on any atom is -0.496 e. The second kappa shape index (κ2) is 9.45. The summed E-state index contributed by atoms with van der Waals surface area (Å²) in [6.45, 7) is 0.609. The lowest BCUT2D eigenvalue weighted by Crippen LogP contribution is -2.49. The van der Waals surface area contributed by atoms with E-state index in [2.05, 4.69) is 5.16 Å². The summed E-state index contributed by atoms with van der Waals surface area (Å²) in [7, 11) is 1.50. The van der Waals surface area contributed by atoms with Crippen molar-refractivity contribution in [3.63, 3.8) is 0 Å². The van der Waals surface area contributed by atoms with E-state index in [4.69, 9.17) is 20.9 Å². The maximum Gasteiger partial charge on any atom is 0.271 e. The van der Waals surface area contributed by atoms with Crippen molar-refractivity contribution >= 4 is 28.9 Å². The normalized spacial score (nSPS) is 13.8. The molecule has 0 spiro atoms. The van der Waals surface area contributed by atoms with Crippen LogP contribution in [0, 0.1) is 10.1 Å². The number of carbonyl (C=O) groups is 1. The number of rotatable bonds is 6. The van der Waals surface area contributed by atoms with Crippen molar-refractivity contribution in [2.45, 2.75) is 6.67 Å². The highest BCUT2D eigenvalue weighted by Gasteiger charge is 2.31. The molecule has 1 saturated heterocycles. The molecule has 1 amide bonds. The van der Waals surface area contributed by atoms with Gasteiger partial charge in [-0.05, 0) is 18.2 Å². The van der Waals surface area contributed by atoms with E-state index in [1.165, 1.54) is 19.2 Å². The van der Waals surface area contributed by atoms with Crippen molar-refractivity contribution < 1.29 is 23.4 Å². The van der Waals surface area contributed by atoms with Crippen LogP contribution in [-0.2, 0) is 6.67 Å². The molecular weight excluding hydrogens is 455 g/mol. The Morgan fingerprint density at radius 2 is 1.97 bits per heavy atom. The van der Waals surface area contributed by atoms with Gasteiger partial charge in [0.2, 0.25) is 0 Å². The van der Waals surface area contributed by atoms with Gasteiger partial charge in [0.25, 0.3) is 11.6 Å². The number of non-ortho nitro benzene ring substituents is 1. The monoisotopic (exact) mass is 474 g/mol. The van der Waals surface area contributed by atoms with Gasteiger partial charge in [-0.15, -0.1) is 0 Å². The highest BCUT2D eigenvalue weighted by molar-refractivity contribution is 6.33. The summed E-state index contributed by atoms with van der Waals surface area (Å²) in [4.78, 5) is 27.3. The Morgan fingerprint density at radius 1 is 1.24 bits per heavy atom. The van der Waals surface area contributed by atoms with E-state index in [1.54, 1.807) is 35.2 Å². The molecule has 1 fully saturated rings. The third kappa shape index (κ3) is 4.34. The summed E-state index contributed by atoms with van der Waals surface area (Å²) >= 11 is 6.24. The maximum absolute atomic E-state index is 13.6. The first-order valence-corrected chi connectivity index (χ1v) is 10.5. The molecule has 0 atom stereocenters. The maximum atomic E-state index is 13.6. The number of hydrogen-bond acceptors (Lipinski definition) is 7. The number of halogens is 2. The number of benzene rings is 2. The Labute approximate surface area is 193 Å². The average Bonchev–Trinajstić information content (AvgIpc) is 3.27. The van der Waals surface area contributed by atoms with E-state index in [0.29, 0.717) is 43.2 Å². The first-order valence-electron chi connectivity index (χ1n) is 10.1. The molecule has 0 saturated carbocycles. The molecular formula is C22H20ClFN4O5. The van der Waals surface area contributed by atoms with Crippen molar-refractivity contribution in [2.75, 3.05) is 38.2 Å². The second-order valence-corrected chi connectivity index (χ2v) is 7.74. The third-order valence-electron chi connectivity index (χ3n) is 5.51. The van der Waals surface area contributed by atoms with Crippen LogP contribution in [0.5, 0.6) is 5.75 Å². The first-order chi connectivity index (χ1) is 15.9. The molecule has 2 aromatic carbocycles. The zero-order valence-electron chi connectivity index (χ0n) is 17.7. The van der Waals surface area contributed by atoms with E-state index in [-0.39, 0.29) is 33.6 Å². The average molecular weight is 475 g/mol. The quantitative estimate of drug-likeness (QED) is 0.386. The Hall–Kier alpha value is -3.66. The summed E-state index contributed by atoms with van der Waals surface area (Å²) in [6.07, 6.45) is 0. The Balaban J connectivity index is 1.55. The number of anilines is 1. The number of nitro benzene ring substituents is 1. The molecule has 33 heavy (non-hydrogen) atoms. The molecule has 11 heteroatoms. The van der Waals surface area contributed by atoms with Gasteiger partial charge in [0.1, 0.15) is 17.0 Å². The van der Waals surface area contributed by atoms with Gasteiger partial charge in [0.15, 0.2) is 12.4 Å².